The van der Waals surface area contributed by atoms with Gasteiger partial charge in [0, 0.05) is 11.6 Å². The van der Waals surface area contributed by atoms with Crippen LogP contribution in [0.15, 0.2) is 42.6 Å². The quantitative estimate of drug-likeness (QED) is 0.883. The number of phenols is 1. The van der Waals surface area contributed by atoms with Crippen molar-refractivity contribution in [3.05, 3.63) is 48.2 Å². The molecule has 2 rings (SSSR count). The molecule has 0 aliphatic carbocycles. The molecule has 0 saturated carbocycles. The van der Waals surface area contributed by atoms with Gasteiger partial charge in [-0.1, -0.05) is 6.07 Å². The Morgan fingerprint density at radius 1 is 1.37 bits per heavy atom. The number of benzene rings is 1. The van der Waals surface area contributed by atoms with Crippen LogP contribution in [0.2, 0.25) is 0 Å². The highest BCUT2D eigenvalue weighted by Gasteiger charge is 2.07. The third kappa shape index (κ3) is 3.45. The number of pyridine rings is 1. The number of hydrogen-bond donors (Lipinski definition) is 2. The standard InChI is InChI=1S/C14H14N2O3/c1-2-19-13-7-6-11(9-15-13)16-14(18)10-4-3-5-12(17)8-10/h3-9,17H,2H2,1H3,(H,16,18). The first kappa shape index (κ1) is 12.9. The summed E-state index contributed by atoms with van der Waals surface area (Å²) in [6, 6.07) is 9.53. The van der Waals surface area contributed by atoms with E-state index in [4.69, 9.17) is 4.74 Å². The molecule has 0 aliphatic rings. The number of aromatic nitrogens is 1. The van der Waals surface area contributed by atoms with Gasteiger partial charge in [0.2, 0.25) is 5.88 Å². The maximum Gasteiger partial charge on any atom is 0.255 e. The number of anilines is 1. The molecule has 2 aromatic rings. The predicted octanol–water partition coefficient (Wildman–Crippen LogP) is 2.44. The van der Waals surface area contributed by atoms with Gasteiger partial charge in [-0.2, -0.15) is 0 Å². The molecule has 98 valence electrons. The lowest BCUT2D eigenvalue weighted by atomic mass is 10.2. The molecule has 1 heterocycles. The van der Waals surface area contributed by atoms with Gasteiger partial charge >= 0.3 is 0 Å². The fourth-order valence-electron chi connectivity index (χ4n) is 1.54. The van der Waals surface area contributed by atoms with Crippen LogP contribution in [-0.4, -0.2) is 22.6 Å². The highest BCUT2D eigenvalue weighted by Crippen LogP contribution is 2.15. The Hall–Kier alpha value is -2.56. The summed E-state index contributed by atoms with van der Waals surface area (Å²) in [5.41, 5.74) is 0.950. The minimum Gasteiger partial charge on any atom is -0.508 e. The molecule has 5 heteroatoms. The third-order valence-corrected chi connectivity index (χ3v) is 2.39. The van der Waals surface area contributed by atoms with Crippen LogP contribution < -0.4 is 10.1 Å². The summed E-state index contributed by atoms with van der Waals surface area (Å²) in [6.45, 7) is 2.42. The number of amides is 1. The van der Waals surface area contributed by atoms with Crippen molar-refractivity contribution in [2.24, 2.45) is 0 Å². The number of carbonyl (C=O) groups excluding carboxylic acids is 1. The molecule has 0 bridgehead atoms. The Bertz CT molecular complexity index is 567. The monoisotopic (exact) mass is 258 g/mol. The van der Waals surface area contributed by atoms with Crippen LogP contribution in [0.4, 0.5) is 5.69 Å². The van der Waals surface area contributed by atoms with E-state index >= 15 is 0 Å². The molecule has 19 heavy (non-hydrogen) atoms. The second-order valence-electron chi connectivity index (χ2n) is 3.82. The molecule has 0 radical (unpaired) electrons. The first-order chi connectivity index (χ1) is 9.19. The molecular weight excluding hydrogens is 244 g/mol. The lowest BCUT2D eigenvalue weighted by molar-refractivity contribution is 0.102. The maximum atomic E-state index is 11.9. The van der Waals surface area contributed by atoms with E-state index in [0.717, 1.165) is 0 Å². The summed E-state index contributed by atoms with van der Waals surface area (Å²) in [5, 5.41) is 12.0. The first-order valence-electron chi connectivity index (χ1n) is 5.88. The van der Waals surface area contributed by atoms with Gasteiger partial charge in [-0.3, -0.25) is 4.79 Å². The Kier molecular flexibility index (Phi) is 3.97. The average molecular weight is 258 g/mol. The number of carbonyl (C=O) groups is 1. The summed E-state index contributed by atoms with van der Waals surface area (Å²) < 4.78 is 5.21. The minimum absolute atomic E-state index is 0.0532. The summed E-state index contributed by atoms with van der Waals surface area (Å²) in [5.74, 6) is 0.261. The molecule has 0 atom stereocenters. The fourth-order valence-corrected chi connectivity index (χ4v) is 1.54. The number of nitrogens with one attached hydrogen (secondary N) is 1. The highest BCUT2D eigenvalue weighted by molar-refractivity contribution is 6.04. The van der Waals surface area contributed by atoms with E-state index in [0.29, 0.717) is 23.7 Å². The Balaban J connectivity index is 2.06. The normalized spacial score (nSPS) is 9.95. The zero-order chi connectivity index (χ0) is 13.7. The molecule has 0 spiro atoms. The van der Waals surface area contributed by atoms with Gasteiger partial charge < -0.3 is 15.2 Å². The second-order valence-corrected chi connectivity index (χ2v) is 3.82. The van der Waals surface area contributed by atoms with E-state index in [1.807, 2.05) is 6.92 Å². The van der Waals surface area contributed by atoms with Gasteiger partial charge in [0.05, 0.1) is 18.5 Å². The van der Waals surface area contributed by atoms with Gasteiger partial charge in [-0.15, -0.1) is 0 Å². The Morgan fingerprint density at radius 3 is 2.84 bits per heavy atom. The van der Waals surface area contributed by atoms with Crippen molar-refractivity contribution in [1.29, 1.82) is 0 Å². The smallest absolute Gasteiger partial charge is 0.255 e. The van der Waals surface area contributed by atoms with Crippen molar-refractivity contribution in [2.75, 3.05) is 11.9 Å². The van der Waals surface area contributed by atoms with Gasteiger partial charge in [0.15, 0.2) is 0 Å². The van der Waals surface area contributed by atoms with E-state index in [9.17, 15) is 9.90 Å². The van der Waals surface area contributed by atoms with Gasteiger partial charge in [-0.25, -0.2) is 4.98 Å². The topological polar surface area (TPSA) is 71.5 Å². The summed E-state index contributed by atoms with van der Waals surface area (Å²) in [7, 11) is 0. The lowest BCUT2D eigenvalue weighted by Crippen LogP contribution is -2.11. The van der Waals surface area contributed by atoms with Crippen molar-refractivity contribution >= 4 is 11.6 Å². The largest absolute Gasteiger partial charge is 0.508 e. The van der Waals surface area contributed by atoms with Gasteiger partial charge in [0.25, 0.3) is 5.91 Å². The van der Waals surface area contributed by atoms with Crippen molar-refractivity contribution < 1.29 is 14.6 Å². The fraction of sp³-hybridized carbons (Fsp3) is 0.143. The lowest BCUT2D eigenvalue weighted by Gasteiger charge is -2.06. The number of nitrogens with zero attached hydrogens (tertiary/aromatic N) is 1. The van der Waals surface area contributed by atoms with E-state index in [-0.39, 0.29) is 11.7 Å². The average Bonchev–Trinajstić information content (AvgIpc) is 2.41. The number of ether oxygens (including phenoxy) is 1. The molecule has 0 aliphatic heterocycles. The van der Waals surface area contributed by atoms with Crippen LogP contribution in [0, 0.1) is 0 Å². The number of hydrogen-bond acceptors (Lipinski definition) is 4. The van der Waals surface area contributed by atoms with E-state index < -0.39 is 0 Å². The van der Waals surface area contributed by atoms with Crippen molar-refractivity contribution in [2.45, 2.75) is 6.92 Å². The number of aromatic hydroxyl groups is 1. The zero-order valence-electron chi connectivity index (χ0n) is 10.5. The van der Waals surface area contributed by atoms with Crippen LogP contribution in [0.5, 0.6) is 11.6 Å². The molecule has 0 unspecified atom stereocenters. The Labute approximate surface area is 110 Å². The van der Waals surface area contributed by atoms with Crippen LogP contribution in [0.3, 0.4) is 0 Å². The van der Waals surface area contributed by atoms with Crippen molar-refractivity contribution in [1.82, 2.24) is 4.98 Å². The second kappa shape index (κ2) is 5.86. The van der Waals surface area contributed by atoms with Crippen LogP contribution >= 0.6 is 0 Å². The van der Waals surface area contributed by atoms with Gasteiger partial charge in [-0.05, 0) is 31.2 Å². The molecule has 2 N–H and O–H groups in total. The number of rotatable bonds is 4. The summed E-state index contributed by atoms with van der Waals surface area (Å²) in [6.07, 6.45) is 1.52. The van der Waals surface area contributed by atoms with Gasteiger partial charge in [0.1, 0.15) is 5.75 Å². The molecule has 0 saturated heterocycles. The van der Waals surface area contributed by atoms with Crippen molar-refractivity contribution in [3.8, 4) is 11.6 Å². The van der Waals surface area contributed by atoms with Crippen LogP contribution in [-0.2, 0) is 0 Å². The van der Waals surface area contributed by atoms with Crippen molar-refractivity contribution in [3.63, 3.8) is 0 Å². The predicted molar refractivity (Wildman–Crippen MR) is 71.5 cm³/mol. The molecule has 1 aromatic carbocycles. The molecule has 5 nitrogen and oxygen atoms in total. The SMILES string of the molecule is CCOc1ccc(NC(=O)c2cccc(O)c2)cn1. The molecule has 1 aromatic heterocycles. The minimum atomic E-state index is -0.304. The van der Waals surface area contributed by atoms with E-state index in [1.165, 1.54) is 18.3 Å². The number of phenolic OH excluding ortho intramolecular Hbond substituents is 1. The zero-order valence-corrected chi connectivity index (χ0v) is 10.5. The van der Waals surface area contributed by atoms with Crippen LogP contribution in [0.1, 0.15) is 17.3 Å². The molecular formula is C14H14N2O3. The summed E-state index contributed by atoms with van der Waals surface area (Å²) >= 11 is 0. The Morgan fingerprint density at radius 2 is 2.21 bits per heavy atom. The van der Waals surface area contributed by atoms with Crippen LogP contribution in [0.25, 0.3) is 0 Å². The molecule has 1 amide bonds. The van der Waals surface area contributed by atoms with E-state index in [2.05, 4.69) is 10.3 Å². The third-order valence-electron chi connectivity index (χ3n) is 2.39. The van der Waals surface area contributed by atoms with E-state index in [1.54, 1.807) is 24.3 Å². The molecule has 0 fully saturated rings. The highest BCUT2D eigenvalue weighted by atomic mass is 16.5. The first-order valence-corrected chi connectivity index (χ1v) is 5.88. The maximum absolute atomic E-state index is 11.9. The summed E-state index contributed by atoms with van der Waals surface area (Å²) in [4.78, 5) is 15.9.